The maximum atomic E-state index is 12.1. The molecule has 0 saturated carbocycles. The average molecular weight is 261 g/mol. The van der Waals surface area contributed by atoms with Crippen molar-refractivity contribution in [1.82, 2.24) is 4.90 Å². The monoisotopic (exact) mass is 261 g/mol. The van der Waals surface area contributed by atoms with Gasteiger partial charge in [0, 0.05) is 13.1 Å². The predicted molar refractivity (Wildman–Crippen MR) is 76.3 cm³/mol. The first-order valence-corrected chi connectivity index (χ1v) is 6.94. The molecule has 0 bridgehead atoms. The molecule has 1 saturated heterocycles. The van der Waals surface area contributed by atoms with Crippen LogP contribution in [-0.2, 0) is 4.79 Å². The third-order valence-corrected chi connectivity index (χ3v) is 3.85. The van der Waals surface area contributed by atoms with Crippen molar-refractivity contribution in [2.24, 2.45) is 5.41 Å². The highest BCUT2D eigenvalue weighted by atomic mass is 16.5. The van der Waals surface area contributed by atoms with Gasteiger partial charge in [0.05, 0.1) is 0 Å². The van der Waals surface area contributed by atoms with Crippen LogP contribution in [0.1, 0.15) is 32.3 Å². The Kier molecular flexibility index (Phi) is 4.13. The Balaban J connectivity index is 1.80. The van der Waals surface area contributed by atoms with E-state index in [2.05, 4.69) is 13.8 Å². The second kappa shape index (κ2) is 5.64. The molecule has 0 radical (unpaired) electrons. The van der Waals surface area contributed by atoms with Crippen LogP contribution in [0.4, 0.5) is 0 Å². The van der Waals surface area contributed by atoms with Crippen LogP contribution in [0.15, 0.2) is 24.3 Å². The average Bonchev–Trinajstić information content (AvgIpc) is 2.37. The number of likely N-dealkylation sites (tertiary alicyclic amines) is 1. The zero-order valence-electron chi connectivity index (χ0n) is 12.1. The summed E-state index contributed by atoms with van der Waals surface area (Å²) < 4.78 is 5.54. The second-order valence-electron chi connectivity index (χ2n) is 6.15. The molecule has 1 amide bonds. The number of hydrogen-bond acceptors (Lipinski definition) is 2. The van der Waals surface area contributed by atoms with Crippen LogP contribution in [-0.4, -0.2) is 30.5 Å². The van der Waals surface area contributed by atoms with E-state index in [1.165, 1.54) is 5.56 Å². The van der Waals surface area contributed by atoms with Crippen molar-refractivity contribution < 1.29 is 9.53 Å². The number of ether oxygens (including phenoxy) is 1. The zero-order chi connectivity index (χ0) is 13.9. The van der Waals surface area contributed by atoms with E-state index in [4.69, 9.17) is 4.74 Å². The molecule has 1 aliphatic rings. The van der Waals surface area contributed by atoms with Crippen molar-refractivity contribution in [1.29, 1.82) is 0 Å². The van der Waals surface area contributed by atoms with Crippen LogP contribution in [0, 0.1) is 12.3 Å². The minimum Gasteiger partial charge on any atom is -0.484 e. The van der Waals surface area contributed by atoms with E-state index in [-0.39, 0.29) is 12.5 Å². The van der Waals surface area contributed by atoms with Crippen LogP contribution >= 0.6 is 0 Å². The number of rotatable bonds is 3. The Hall–Kier alpha value is -1.51. The highest BCUT2D eigenvalue weighted by molar-refractivity contribution is 5.77. The van der Waals surface area contributed by atoms with Crippen molar-refractivity contribution >= 4 is 5.91 Å². The molecule has 3 heteroatoms. The van der Waals surface area contributed by atoms with Crippen molar-refractivity contribution in [3.8, 4) is 5.75 Å². The lowest BCUT2D eigenvalue weighted by Gasteiger charge is -2.36. The van der Waals surface area contributed by atoms with Gasteiger partial charge in [-0.2, -0.15) is 0 Å². The second-order valence-corrected chi connectivity index (χ2v) is 6.15. The summed E-state index contributed by atoms with van der Waals surface area (Å²) in [6.07, 6.45) is 2.15. The van der Waals surface area contributed by atoms with Crippen molar-refractivity contribution in [3.63, 3.8) is 0 Å². The Morgan fingerprint density at radius 3 is 2.37 bits per heavy atom. The topological polar surface area (TPSA) is 29.5 Å². The lowest BCUT2D eigenvalue weighted by atomic mass is 9.83. The van der Waals surface area contributed by atoms with Gasteiger partial charge in [-0.1, -0.05) is 31.5 Å². The number of amides is 1. The highest BCUT2D eigenvalue weighted by Crippen LogP contribution is 2.29. The zero-order valence-corrected chi connectivity index (χ0v) is 12.1. The molecule has 0 aromatic heterocycles. The molecule has 104 valence electrons. The lowest BCUT2D eigenvalue weighted by molar-refractivity contribution is -0.135. The number of carbonyl (C=O) groups is 1. The standard InChI is InChI=1S/C16H23NO2/c1-13-4-6-14(7-5-13)19-12-15(18)17-10-8-16(2,3)9-11-17/h4-7H,8-12H2,1-3H3. The van der Waals surface area contributed by atoms with Crippen molar-refractivity contribution in [3.05, 3.63) is 29.8 Å². The Morgan fingerprint density at radius 1 is 1.21 bits per heavy atom. The molecule has 2 rings (SSSR count). The summed E-state index contributed by atoms with van der Waals surface area (Å²) in [5.74, 6) is 0.854. The normalized spacial score (nSPS) is 18.2. The fourth-order valence-electron chi connectivity index (χ4n) is 2.23. The summed E-state index contributed by atoms with van der Waals surface area (Å²) in [5, 5.41) is 0. The maximum Gasteiger partial charge on any atom is 0.260 e. The molecule has 1 aromatic carbocycles. The summed E-state index contributed by atoms with van der Waals surface area (Å²) in [4.78, 5) is 14.0. The number of benzene rings is 1. The molecule has 1 aliphatic heterocycles. The summed E-state index contributed by atoms with van der Waals surface area (Å²) >= 11 is 0. The van der Waals surface area contributed by atoms with E-state index >= 15 is 0 Å². The molecular weight excluding hydrogens is 238 g/mol. The van der Waals surface area contributed by atoms with E-state index < -0.39 is 0 Å². The molecule has 0 atom stereocenters. The van der Waals surface area contributed by atoms with Gasteiger partial charge in [-0.3, -0.25) is 4.79 Å². The number of aryl methyl sites for hydroxylation is 1. The number of nitrogens with zero attached hydrogens (tertiary/aromatic N) is 1. The van der Waals surface area contributed by atoms with E-state index in [1.54, 1.807) is 0 Å². The molecule has 0 spiro atoms. The minimum atomic E-state index is 0.0936. The molecular formula is C16H23NO2. The van der Waals surface area contributed by atoms with Crippen molar-refractivity contribution in [2.75, 3.05) is 19.7 Å². The van der Waals surface area contributed by atoms with Gasteiger partial charge in [0.25, 0.3) is 5.91 Å². The SMILES string of the molecule is Cc1ccc(OCC(=O)N2CCC(C)(C)CC2)cc1. The summed E-state index contributed by atoms with van der Waals surface area (Å²) in [6, 6.07) is 7.79. The third-order valence-electron chi connectivity index (χ3n) is 3.85. The maximum absolute atomic E-state index is 12.1. The highest BCUT2D eigenvalue weighted by Gasteiger charge is 2.27. The first-order chi connectivity index (χ1) is 8.96. The summed E-state index contributed by atoms with van der Waals surface area (Å²) in [5.41, 5.74) is 1.56. The predicted octanol–water partition coefficient (Wildman–Crippen LogP) is 3.02. The Morgan fingerprint density at radius 2 is 1.79 bits per heavy atom. The molecule has 0 unspecified atom stereocenters. The smallest absolute Gasteiger partial charge is 0.260 e. The largest absolute Gasteiger partial charge is 0.484 e. The van der Waals surface area contributed by atoms with Crippen LogP contribution in [0.5, 0.6) is 5.75 Å². The number of carbonyl (C=O) groups excluding carboxylic acids is 1. The molecule has 0 aliphatic carbocycles. The van der Waals surface area contributed by atoms with Crippen LogP contribution in [0.2, 0.25) is 0 Å². The first kappa shape index (κ1) is 13.9. The van der Waals surface area contributed by atoms with Gasteiger partial charge in [-0.25, -0.2) is 0 Å². The number of piperidine rings is 1. The molecule has 3 nitrogen and oxygen atoms in total. The lowest BCUT2D eigenvalue weighted by Crippen LogP contribution is -2.43. The van der Waals surface area contributed by atoms with E-state index in [0.717, 1.165) is 31.7 Å². The first-order valence-electron chi connectivity index (χ1n) is 6.94. The third kappa shape index (κ3) is 3.98. The molecule has 0 N–H and O–H groups in total. The fraction of sp³-hybridized carbons (Fsp3) is 0.562. The van der Waals surface area contributed by atoms with Gasteiger partial charge >= 0.3 is 0 Å². The Labute approximate surface area is 115 Å². The fourth-order valence-corrected chi connectivity index (χ4v) is 2.23. The quantitative estimate of drug-likeness (QED) is 0.837. The molecule has 1 fully saturated rings. The van der Waals surface area contributed by atoms with Gasteiger partial charge in [0.1, 0.15) is 5.75 Å². The number of hydrogen-bond donors (Lipinski definition) is 0. The van der Waals surface area contributed by atoms with Gasteiger partial charge in [0.15, 0.2) is 6.61 Å². The van der Waals surface area contributed by atoms with Gasteiger partial charge in [-0.15, -0.1) is 0 Å². The van der Waals surface area contributed by atoms with Crippen LogP contribution in [0.25, 0.3) is 0 Å². The van der Waals surface area contributed by atoms with Crippen LogP contribution < -0.4 is 4.74 Å². The van der Waals surface area contributed by atoms with E-state index in [1.807, 2.05) is 36.1 Å². The molecule has 1 heterocycles. The van der Waals surface area contributed by atoms with Gasteiger partial charge in [-0.05, 0) is 37.3 Å². The molecule has 1 aromatic rings. The van der Waals surface area contributed by atoms with Crippen molar-refractivity contribution in [2.45, 2.75) is 33.6 Å². The summed E-state index contributed by atoms with van der Waals surface area (Å²) in [6.45, 7) is 8.40. The van der Waals surface area contributed by atoms with E-state index in [9.17, 15) is 4.79 Å². The van der Waals surface area contributed by atoms with Gasteiger partial charge < -0.3 is 9.64 Å². The minimum absolute atomic E-state index is 0.0936. The van der Waals surface area contributed by atoms with Gasteiger partial charge in [0.2, 0.25) is 0 Å². The van der Waals surface area contributed by atoms with Crippen LogP contribution in [0.3, 0.4) is 0 Å². The summed E-state index contributed by atoms with van der Waals surface area (Å²) in [7, 11) is 0. The Bertz CT molecular complexity index is 427. The van der Waals surface area contributed by atoms with E-state index in [0.29, 0.717) is 5.41 Å². The molecule has 19 heavy (non-hydrogen) atoms.